The summed E-state index contributed by atoms with van der Waals surface area (Å²) in [6.45, 7) is 5.60. The summed E-state index contributed by atoms with van der Waals surface area (Å²) in [6.07, 6.45) is 4.93. The molecule has 2 heterocycles. The number of piperidine rings is 1. The lowest BCUT2D eigenvalue weighted by Crippen LogP contribution is -2.56. The van der Waals surface area contributed by atoms with Crippen LogP contribution in [0.1, 0.15) is 56.4 Å². The van der Waals surface area contributed by atoms with Gasteiger partial charge in [-0.3, -0.25) is 14.5 Å². The highest BCUT2D eigenvalue weighted by Gasteiger charge is 2.40. The van der Waals surface area contributed by atoms with E-state index in [1.54, 1.807) is 0 Å². The third kappa shape index (κ3) is 5.24. The molecule has 1 aromatic carbocycles. The molecule has 9 heteroatoms. The molecule has 1 aliphatic carbocycles. The van der Waals surface area contributed by atoms with Gasteiger partial charge in [0.2, 0.25) is 0 Å². The van der Waals surface area contributed by atoms with E-state index >= 15 is 0 Å². The van der Waals surface area contributed by atoms with Crippen LogP contribution in [0, 0.1) is 23.0 Å². The highest BCUT2D eigenvalue weighted by atomic mass is 19.1. The van der Waals surface area contributed by atoms with E-state index in [1.165, 1.54) is 18.6 Å². The fourth-order valence-corrected chi connectivity index (χ4v) is 5.14. The van der Waals surface area contributed by atoms with Crippen LogP contribution in [0.3, 0.4) is 0 Å². The Hall–Kier alpha value is -2.81. The van der Waals surface area contributed by atoms with Gasteiger partial charge in [0.15, 0.2) is 11.5 Å². The molecule has 33 heavy (non-hydrogen) atoms. The third-order valence-corrected chi connectivity index (χ3v) is 6.91. The summed E-state index contributed by atoms with van der Waals surface area (Å²) in [6, 6.07) is 4.08. The molecule has 1 saturated carbocycles. The Morgan fingerprint density at radius 1 is 1.24 bits per heavy atom. The molecule has 7 nitrogen and oxygen atoms in total. The summed E-state index contributed by atoms with van der Waals surface area (Å²) in [4.78, 5) is 27.0. The smallest absolute Gasteiger partial charge is 0.309 e. The molecule has 0 spiro atoms. The average molecular weight is 462 g/mol. The quantitative estimate of drug-likeness (QED) is 0.696. The van der Waals surface area contributed by atoms with E-state index in [4.69, 9.17) is 4.52 Å². The van der Waals surface area contributed by atoms with Crippen molar-refractivity contribution in [3.63, 3.8) is 0 Å². The van der Waals surface area contributed by atoms with Crippen molar-refractivity contribution in [3.8, 4) is 11.3 Å². The molecule has 3 atom stereocenters. The molecule has 2 N–H and O–H groups in total. The van der Waals surface area contributed by atoms with E-state index in [-0.39, 0.29) is 22.4 Å². The number of likely N-dealkylation sites (tertiary alicyclic amines) is 1. The van der Waals surface area contributed by atoms with Gasteiger partial charge < -0.3 is 14.9 Å². The number of carboxylic acids is 1. The van der Waals surface area contributed by atoms with Gasteiger partial charge in [0, 0.05) is 37.3 Å². The molecular formula is C24H29F2N3O4. The van der Waals surface area contributed by atoms with Crippen molar-refractivity contribution in [1.29, 1.82) is 0 Å². The van der Waals surface area contributed by atoms with Gasteiger partial charge in [-0.05, 0) is 43.2 Å². The van der Waals surface area contributed by atoms with E-state index in [1.807, 2.05) is 0 Å². The normalized spacial score (nSPS) is 25.5. The largest absolute Gasteiger partial charge is 0.481 e. The van der Waals surface area contributed by atoms with Gasteiger partial charge in [-0.25, -0.2) is 8.78 Å². The van der Waals surface area contributed by atoms with E-state index in [2.05, 4.69) is 29.2 Å². The van der Waals surface area contributed by atoms with E-state index in [9.17, 15) is 23.5 Å². The number of carboxylic acid groups (broad SMARTS) is 1. The molecule has 0 radical (unpaired) electrons. The number of aliphatic carboxylic acids is 1. The van der Waals surface area contributed by atoms with Gasteiger partial charge in [-0.15, -0.1) is 0 Å². The maximum absolute atomic E-state index is 14.0. The lowest BCUT2D eigenvalue weighted by atomic mass is 9.74. The number of hydrogen-bond donors (Lipinski definition) is 2. The standard InChI is InChI=1S/C24H29F2N3O4/c1-24(2)8-3-4-15(12-24)29-9-7-19(17(13-29)23(31)32)27-22(30)20-11-21(33-28-20)16-6-5-14(25)10-18(16)26/h5-6,10-11,15,17,19H,3-4,7-9,12-13H2,1-2H3,(H,27,30)(H,31,32)/t15-,17+,19+/m0/s1. The first kappa shape index (κ1) is 23.4. The highest BCUT2D eigenvalue weighted by molar-refractivity contribution is 5.93. The summed E-state index contributed by atoms with van der Waals surface area (Å²) in [5, 5.41) is 16.3. The maximum atomic E-state index is 14.0. The number of halogens is 2. The summed E-state index contributed by atoms with van der Waals surface area (Å²) in [7, 11) is 0. The first-order valence-electron chi connectivity index (χ1n) is 11.3. The van der Waals surface area contributed by atoms with E-state index in [0.29, 0.717) is 25.6 Å². The molecule has 1 amide bonds. The SMILES string of the molecule is CC1(C)CCC[C@H](N2CC[C@@H](NC(=O)c3cc(-c4ccc(F)cc4F)on3)[C@H](C(=O)O)C2)C1. The van der Waals surface area contributed by atoms with Crippen LogP contribution in [0.5, 0.6) is 0 Å². The number of carbonyl (C=O) groups excluding carboxylic acids is 1. The number of carbonyl (C=O) groups is 2. The molecular weight excluding hydrogens is 432 g/mol. The van der Waals surface area contributed by atoms with Gasteiger partial charge >= 0.3 is 5.97 Å². The number of benzene rings is 1. The third-order valence-electron chi connectivity index (χ3n) is 6.91. The van der Waals surface area contributed by atoms with Gasteiger partial charge in [-0.2, -0.15) is 0 Å². The molecule has 2 aliphatic rings. The minimum absolute atomic E-state index is 0.0119. The van der Waals surface area contributed by atoms with Crippen LogP contribution in [-0.4, -0.2) is 52.2 Å². The Balaban J connectivity index is 1.43. The van der Waals surface area contributed by atoms with E-state index in [0.717, 1.165) is 31.4 Å². The summed E-state index contributed by atoms with van der Waals surface area (Å²) < 4.78 is 32.2. The first-order chi connectivity index (χ1) is 15.6. The van der Waals surface area contributed by atoms with Crippen molar-refractivity contribution in [2.75, 3.05) is 13.1 Å². The zero-order chi connectivity index (χ0) is 23.8. The second-order valence-electron chi connectivity index (χ2n) is 9.92. The molecule has 2 fully saturated rings. The molecule has 1 aromatic heterocycles. The first-order valence-corrected chi connectivity index (χ1v) is 11.3. The van der Waals surface area contributed by atoms with Crippen LogP contribution >= 0.6 is 0 Å². The van der Waals surface area contributed by atoms with Crippen LogP contribution in [0.15, 0.2) is 28.8 Å². The lowest BCUT2D eigenvalue weighted by molar-refractivity contribution is -0.145. The molecule has 1 saturated heterocycles. The number of nitrogens with zero attached hydrogens (tertiary/aromatic N) is 2. The predicted molar refractivity (Wildman–Crippen MR) is 116 cm³/mol. The molecule has 4 rings (SSSR count). The van der Waals surface area contributed by atoms with Crippen molar-refractivity contribution >= 4 is 11.9 Å². The van der Waals surface area contributed by atoms with Crippen molar-refractivity contribution in [2.45, 2.75) is 58.0 Å². The number of hydrogen-bond acceptors (Lipinski definition) is 5. The Labute approximate surface area is 191 Å². The van der Waals surface area contributed by atoms with Crippen LogP contribution in [0.25, 0.3) is 11.3 Å². The minimum Gasteiger partial charge on any atom is -0.481 e. The monoisotopic (exact) mass is 461 g/mol. The van der Waals surface area contributed by atoms with Crippen LogP contribution in [0.2, 0.25) is 0 Å². The Bertz CT molecular complexity index is 1040. The lowest BCUT2D eigenvalue weighted by Gasteiger charge is -2.45. The summed E-state index contributed by atoms with van der Waals surface area (Å²) in [5.74, 6) is -3.85. The molecule has 178 valence electrons. The minimum atomic E-state index is -0.950. The predicted octanol–water partition coefficient (Wildman–Crippen LogP) is 4.09. The molecule has 2 aromatic rings. The van der Waals surface area contributed by atoms with Gasteiger partial charge in [0.1, 0.15) is 11.6 Å². The van der Waals surface area contributed by atoms with Gasteiger partial charge in [0.05, 0.1) is 11.5 Å². The van der Waals surface area contributed by atoms with Gasteiger partial charge in [-0.1, -0.05) is 25.4 Å². The fraction of sp³-hybridized carbons (Fsp3) is 0.542. The van der Waals surface area contributed by atoms with Gasteiger partial charge in [0.25, 0.3) is 5.91 Å². The molecule has 0 bridgehead atoms. The number of amides is 1. The number of nitrogens with one attached hydrogen (secondary N) is 1. The zero-order valence-corrected chi connectivity index (χ0v) is 18.8. The fourth-order valence-electron chi connectivity index (χ4n) is 5.14. The maximum Gasteiger partial charge on any atom is 0.309 e. The Kier molecular flexibility index (Phi) is 6.52. The van der Waals surface area contributed by atoms with Crippen LogP contribution < -0.4 is 5.32 Å². The zero-order valence-electron chi connectivity index (χ0n) is 18.8. The van der Waals surface area contributed by atoms with Crippen molar-refractivity contribution < 1.29 is 28.0 Å². The highest BCUT2D eigenvalue weighted by Crippen LogP contribution is 2.38. The Morgan fingerprint density at radius 3 is 2.73 bits per heavy atom. The number of rotatable bonds is 5. The summed E-state index contributed by atoms with van der Waals surface area (Å²) in [5.41, 5.74) is 0.144. The average Bonchev–Trinajstić information content (AvgIpc) is 3.23. The Morgan fingerprint density at radius 2 is 2.03 bits per heavy atom. The number of aromatic nitrogens is 1. The summed E-state index contributed by atoms with van der Waals surface area (Å²) >= 11 is 0. The second kappa shape index (κ2) is 9.21. The van der Waals surface area contributed by atoms with Crippen LogP contribution in [-0.2, 0) is 4.79 Å². The van der Waals surface area contributed by atoms with Crippen molar-refractivity contribution in [2.24, 2.45) is 11.3 Å². The molecule has 0 unspecified atom stereocenters. The topological polar surface area (TPSA) is 95.7 Å². The molecule has 1 aliphatic heterocycles. The van der Waals surface area contributed by atoms with Crippen LogP contribution in [0.4, 0.5) is 8.78 Å². The van der Waals surface area contributed by atoms with Crippen molar-refractivity contribution in [1.82, 2.24) is 15.4 Å². The second-order valence-corrected chi connectivity index (χ2v) is 9.92. The van der Waals surface area contributed by atoms with E-state index < -0.39 is 35.5 Å². The van der Waals surface area contributed by atoms with Crippen molar-refractivity contribution in [3.05, 3.63) is 41.6 Å².